The monoisotopic (exact) mass is 422 g/mol. The maximum Gasteiger partial charge on any atom is 0.373 e. The minimum Gasteiger partial charge on any atom is -0.434 e. The van der Waals surface area contributed by atoms with Crippen LogP contribution in [0.1, 0.15) is 0 Å². The van der Waals surface area contributed by atoms with Gasteiger partial charge in [-0.05, 0) is 36.4 Å². The second-order valence-corrected chi connectivity index (χ2v) is 5.86. The van der Waals surface area contributed by atoms with Gasteiger partial charge in [0.05, 0.1) is 4.92 Å². The third-order valence-electron chi connectivity index (χ3n) is 3.18. The van der Waals surface area contributed by atoms with Gasteiger partial charge in [-0.1, -0.05) is 15.9 Å². The van der Waals surface area contributed by atoms with Crippen molar-refractivity contribution < 1.29 is 18.4 Å². The van der Waals surface area contributed by atoms with Gasteiger partial charge in [0.25, 0.3) is 0 Å². The Labute approximate surface area is 153 Å². The molecule has 0 aliphatic heterocycles. The first-order valence-corrected chi connectivity index (χ1v) is 7.88. The number of hydrogen-bond donors (Lipinski definition) is 1. The van der Waals surface area contributed by atoms with Crippen LogP contribution < -0.4 is 10.1 Å². The Morgan fingerprint density at radius 1 is 1.08 bits per heavy atom. The van der Waals surface area contributed by atoms with Gasteiger partial charge in [0, 0.05) is 16.2 Å². The van der Waals surface area contributed by atoms with Crippen LogP contribution in [0.4, 0.5) is 26.0 Å². The SMILES string of the molecule is O=[N+]([O-])c1c(Nc2ccc(F)c(F)c2)ncnc1Oc1ccc(Br)cc1. The van der Waals surface area contributed by atoms with E-state index in [2.05, 4.69) is 31.2 Å². The molecule has 2 aromatic carbocycles. The molecule has 0 aliphatic rings. The molecule has 0 saturated heterocycles. The minimum atomic E-state index is -1.10. The lowest BCUT2D eigenvalue weighted by Crippen LogP contribution is -2.04. The third-order valence-corrected chi connectivity index (χ3v) is 3.71. The van der Waals surface area contributed by atoms with E-state index in [1.807, 2.05) is 0 Å². The van der Waals surface area contributed by atoms with Gasteiger partial charge in [-0.3, -0.25) is 10.1 Å². The Morgan fingerprint density at radius 3 is 2.46 bits per heavy atom. The van der Waals surface area contributed by atoms with E-state index in [9.17, 15) is 18.9 Å². The van der Waals surface area contributed by atoms with Crippen LogP contribution in [0.5, 0.6) is 11.6 Å². The first kappa shape index (κ1) is 17.7. The molecule has 0 unspecified atom stereocenters. The number of anilines is 2. The summed E-state index contributed by atoms with van der Waals surface area (Å²) in [5.74, 6) is -2.32. The van der Waals surface area contributed by atoms with Gasteiger partial charge in [-0.25, -0.2) is 13.8 Å². The van der Waals surface area contributed by atoms with E-state index in [-0.39, 0.29) is 17.4 Å². The fraction of sp³-hybridized carbons (Fsp3) is 0. The first-order valence-electron chi connectivity index (χ1n) is 7.09. The zero-order chi connectivity index (χ0) is 18.7. The highest BCUT2D eigenvalue weighted by molar-refractivity contribution is 9.10. The van der Waals surface area contributed by atoms with Crippen molar-refractivity contribution in [1.82, 2.24) is 9.97 Å². The van der Waals surface area contributed by atoms with E-state index in [0.717, 1.165) is 22.9 Å². The standard InChI is InChI=1S/C16H9BrF2N4O3/c17-9-1-4-11(5-2-9)26-16-14(23(24)25)15(20-8-21-16)22-10-3-6-12(18)13(19)7-10/h1-8H,(H,20,21,22). The zero-order valence-corrected chi connectivity index (χ0v) is 14.4. The molecule has 10 heteroatoms. The van der Waals surface area contributed by atoms with E-state index < -0.39 is 22.2 Å². The highest BCUT2D eigenvalue weighted by atomic mass is 79.9. The molecular weight excluding hydrogens is 414 g/mol. The molecule has 0 spiro atoms. The summed E-state index contributed by atoms with van der Waals surface area (Å²) in [5.41, 5.74) is -0.458. The molecule has 3 rings (SSSR count). The molecule has 132 valence electrons. The second-order valence-electron chi connectivity index (χ2n) is 4.94. The summed E-state index contributed by atoms with van der Waals surface area (Å²) in [6.45, 7) is 0. The average molecular weight is 423 g/mol. The number of nitrogens with zero attached hydrogens (tertiary/aromatic N) is 3. The normalized spacial score (nSPS) is 10.4. The zero-order valence-electron chi connectivity index (χ0n) is 12.8. The Bertz CT molecular complexity index is 970. The number of hydrogen-bond acceptors (Lipinski definition) is 6. The molecule has 7 nitrogen and oxygen atoms in total. The van der Waals surface area contributed by atoms with Crippen LogP contribution in [0.25, 0.3) is 0 Å². The lowest BCUT2D eigenvalue weighted by Gasteiger charge is -2.09. The van der Waals surface area contributed by atoms with Crippen LogP contribution in [0.3, 0.4) is 0 Å². The Kier molecular flexibility index (Phi) is 5.03. The second kappa shape index (κ2) is 7.40. The Balaban J connectivity index is 1.96. The molecule has 0 radical (unpaired) electrons. The number of benzene rings is 2. The molecule has 0 amide bonds. The fourth-order valence-corrected chi connectivity index (χ4v) is 2.28. The van der Waals surface area contributed by atoms with E-state index >= 15 is 0 Å². The van der Waals surface area contributed by atoms with Crippen molar-refractivity contribution in [3.05, 3.63) is 75.0 Å². The first-order chi connectivity index (χ1) is 12.4. The van der Waals surface area contributed by atoms with Crippen LogP contribution >= 0.6 is 15.9 Å². The maximum absolute atomic E-state index is 13.3. The average Bonchev–Trinajstić information content (AvgIpc) is 2.60. The van der Waals surface area contributed by atoms with Crippen molar-refractivity contribution in [3.8, 4) is 11.6 Å². The topological polar surface area (TPSA) is 90.2 Å². The summed E-state index contributed by atoms with van der Waals surface area (Å²) >= 11 is 3.27. The van der Waals surface area contributed by atoms with Crippen LogP contribution in [0, 0.1) is 21.7 Å². The van der Waals surface area contributed by atoms with Crippen molar-refractivity contribution in [2.45, 2.75) is 0 Å². The molecule has 1 N–H and O–H groups in total. The highest BCUT2D eigenvalue weighted by Gasteiger charge is 2.25. The predicted molar refractivity (Wildman–Crippen MR) is 92.5 cm³/mol. The Hall–Kier alpha value is -3.14. The van der Waals surface area contributed by atoms with Gasteiger partial charge >= 0.3 is 11.6 Å². The van der Waals surface area contributed by atoms with E-state index in [1.54, 1.807) is 24.3 Å². The van der Waals surface area contributed by atoms with Gasteiger partial charge in [0.15, 0.2) is 11.6 Å². The van der Waals surface area contributed by atoms with Gasteiger partial charge in [-0.2, -0.15) is 4.98 Å². The van der Waals surface area contributed by atoms with E-state index in [4.69, 9.17) is 4.74 Å². The Morgan fingerprint density at radius 2 is 1.81 bits per heavy atom. The van der Waals surface area contributed by atoms with Gasteiger partial charge in [0.2, 0.25) is 5.82 Å². The number of aromatic nitrogens is 2. The largest absolute Gasteiger partial charge is 0.434 e. The van der Waals surface area contributed by atoms with Crippen LogP contribution in [-0.4, -0.2) is 14.9 Å². The predicted octanol–water partition coefficient (Wildman–Crippen LogP) is 4.96. The summed E-state index contributed by atoms with van der Waals surface area (Å²) in [6.07, 6.45) is 1.06. The molecule has 1 heterocycles. The van der Waals surface area contributed by atoms with Crippen molar-refractivity contribution >= 4 is 33.1 Å². The molecule has 0 aliphatic carbocycles. The van der Waals surface area contributed by atoms with Gasteiger partial charge in [0.1, 0.15) is 12.1 Å². The van der Waals surface area contributed by atoms with Crippen LogP contribution in [0.15, 0.2) is 53.3 Å². The number of nitro groups is 1. The summed E-state index contributed by atoms with van der Waals surface area (Å²) < 4.78 is 32.6. The molecule has 26 heavy (non-hydrogen) atoms. The summed E-state index contributed by atoms with van der Waals surface area (Å²) in [4.78, 5) is 18.3. The summed E-state index contributed by atoms with van der Waals surface area (Å²) in [5, 5.41) is 14.0. The molecule has 0 bridgehead atoms. The summed E-state index contributed by atoms with van der Waals surface area (Å²) in [6, 6.07) is 9.56. The lowest BCUT2D eigenvalue weighted by molar-refractivity contribution is -0.385. The lowest BCUT2D eigenvalue weighted by atomic mass is 10.3. The van der Waals surface area contributed by atoms with Crippen LogP contribution in [0.2, 0.25) is 0 Å². The number of ether oxygens (including phenoxy) is 1. The van der Waals surface area contributed by atoms with Crippen molar-refractivity contribution in [2.24, 2.45) is 0 Å². The van der Waals surface area contributed by atoms with Crippen molar-refractivity contribution in [1.29, 1.82) is 0 Å². The maximum atomic E-state index is 13.3. The summed E-state index contributed by atoms with van der Waals surface area (Å²) in [7, 11) is 0. The smallest absolute Gasteiger partial charge is 0.373 e. The quantitative estimate of drug-likeness (QED) is 0.461. The molecule has 0 saturated carbocycles. The minimum absolute atomic E-state index is 0.0836. The molecule has 1 aromatic heterocycles. The molecular formula is C16H9BrF2N4O3. The number of rotatable bonds is 5. The van der Waals surface area contributed by atoms with Crippen LogP contribution in [-0.2, 0) is 0 Å². The number of halogens is 3. The molecule has 0 fully saturated rings. The van der Waals surface area contributed by atoms with Crippen molar-refractivity contribution in [2.75, 3.05) is 5.32 Å². The fourth-order valence-electron chi connectivity index (χ4n) is 2.02. The third kappa shape index (κ3) is 3.91. The highest BCUT2D eigenvalue weighted by Crippen LogP contribution is 2.35. The van der Waals surface area contributed by atoms with Gasteiger partial charge in [-0.15, -0.1) is 0 Å². The molecule has 0 atom stereocenters. The van der Waals surface area contributed by atoms with E-state index in [1.165, 1.54) is 6.07 Å². The van der Waals surface area contributed by atoms with E-state index in [0.29, 0.717) is 5.75 Å². The van der Waals surface area contributed by atoms with Gasteiger partial charge < -0.3 is 10.1 Å². The van der Waals surface area contributed by atoms with Crippen molar-refractivity contribution in [3.63, 3.8) is 0 Å². The molecule has 3 aromatic rings. The number of nitrogens with one attached hydrogen (secondary N) is 1.